The Bertz CT molecular complexity index is 770. The Hall–Kier alpha value is -2.15. The van der Waals surface area contributed by atoms with Gasteiger partial charge in [-0.3, -0.25) is 4.90 Å². The average molecular weight is 407 g/mol. The largest absolute Gasteiger partial charge is 0.446 e. The van der Waals surface area contributed by atoms with E-state index < -0.39 is 6.09 Å². The summed E-state index contributed by atoms with van der Waals surface area (Å²) in [7, 11) is 1.58. The number of carbonyl (C=O) groups excluding carboxylic acids is 1. The lowest BCUT2D eigenvalue weighted by Crippen LogP contribution is -2.38. The van der Waals surface area contributed by atoms with Crippen molar-refractivity contribution in [2.45, 2.75) is 25.1 Å². The van der Waals surface area contributed by atoms with E-state index in [1.165, 1.54) is 6.07 Å². The van der Waals surface area contributed by atoms with E-state index in [1.54, 1.807) is 19.2 Å². The number of halogens is 2. The molecular weight excluding hydrogens is 383 g/mol. The van der Waals surface area contributed by atoms with Crippen LogP contribution in [0.3, 0.4) is 0 Å². The number of alkyl carbamates (subject to hydrolysis) is 1. The molecule has 0 radical (unpaired) electrons. The zero-order chi connectivity index (χ0) is 19.9. The number of nitrogens with zero attached hydrogens (tertiary/aromatic N) is 1. The Morgan fingerprint density at radius 3 is 2.79 bits per heavy atom. The van der Waals surface area contributed by atoms with Crippen LogP contribution in [0.4, 0.5) is 9.18 Å². The molecule has 28 heavy (non-hydrogen) atoms. The molecule has 2 atom stereocenters. The first-order valence-corrected chi connectivity index (χ1v) is 9.61. The van der Waals surface area contributed by atoms with Crippen LogP contribution >= 0.6 is 11.6 Å². The quantitative estimate of drug-likeness (QED) is 0.749. The molecule has 1 fully saturated rings. The van der Waals surface area contributed by atoms with Gasteiger partial charge in [-0.1, -0.05) is 48.0 Å². The van der Waals surface area contributed by atoms with Crippen LogP contribution in [0.5, 0.6) is 0 Å². The molecule has 1 N–H and O–H groups in total. The maximum absolute atomic E-state index is 13.9. The second-order valence-electron chi connectivity index (χ2n) is 6.80. The zero-order valence-corrected chi connectivity index (χ0v) is 16.5. The van der Waals surface area contributed by atoms with Crippen LogP contribution < -0.4 is 5.32 Å². The summed E-state index contributed by atoms with van der Waals surface area (Å²) < 4.78 is 24.7. The van der Waals surface area contributed by atoms with Crippen molar-refractivity contribution in [3.8, 4) is 0 Å². The molecule has 0 saturated carbocycles. The molecule has 0 aromatic heterocycles. The minimum Gasteiger partial charge on any atom is -0.446 e. The predicted octanol–water partition coefficient (Wildman–Crippen LogP) is 4.17. The van der Waals surface area contributed by atoms with Gasteiger partial charge in [0.25, 0.3) is 0 Å². The topological polar surface area (TPSA) is 50.8 Å². The fourth-order valence-electron chi connectivity index (χ4n) is 3.33. The molecule has 2 aromatic carbocycles. The average Bonchev–Trinajstić information content (AvgIpc) is 3.13. The highest BCUT2D eigenvalue weighted by molar-refractivity contribution is 6.31. The summed E-state index contributed by atoms with van der Waals surface area (Å²) in [6, 6.07) is 14.2. The van der Waals surface area contributed by atoms with Crippen LogP contribution in [0, 0.1) is 5.82 Å². The first-order chi connectivity index (χ1) is 13.6. The van der Waals surface area contributed by atoms with Crippen molar-refractivity contribution in [1.82, 2.24) is 10.2 Å². The summed E-state index contributed by atoms with van der Waals surface area (Å²) in [4.78, 5) is 14.2. The zero-order valence-electron chi connectivity index (χ0n) is 15.7. The van der Waals surface area contributed by atoms with Gasteiger partial charge in [-0.05, 0) is 24.1 Å². The first kappa shape index (κ1) is 20.6. The lowest BCUT2D eigenvalue weighted by Gasteiger charge is -2.19. The van der Waals surface area contributed by atoms with Gasteiger partial charge in [0, 0.05) is 43.4 Å². The standard InChI is InChI=1S/C21H24ClFN2O3/c1-27-20(15-6-3-2-4-7-15)14-28-21(26)24-16-10-11-25(12-16)13-17-18(22)8-5-9-19(17)23/h2-9,16,20H,10-14H2,1H3,(H,24,26). The molecule has 2 aromatic rings. The van der Waals surface area contributed by atoms with E-state index in [9.17, 15) is 9.18 Å². The number of hydrogen-bond donors (Lipinski definition) is 1. The van der Waals surface area contributed by atoms with Crippen molar-refractivity contribution in [2.24, 2.45) is 0 Å². The molecule has 0 aliphatic carbocycles. The number of ether oxygens (including phenoxy) is 2. The van der Waals surface area contributed by atoms with Gasteiger partial charge in [-0.2, -0.15) is 0 Å². The molecule has 3 rings (SSSR count). The number of amides is 1. The minimum absolute atomic E-state index is 0.0456. The Balaban J connectivity index is 1.45. The molecule has 5 nitrogen and oxygen atoms in total. The van der Waals surface area contributed by atoms with Crippen molar-refractivity contribution in [3.63, 3.8) is 0 Å². The van der Waals surface area contributed by atoms with Gasteiger partial charge in [-0.25, -0.2) is 9.18 Å². The van der Waals surface area contributed by atoms with Gasteiger partial charge in [0.1, 0.15) is 18.5 Å². The number of hydrogen-bond acceptors (Lipinski definition) is 4. The maximum atomic E-state index is 13.9. The van der Waals surface area contributed by atoms with Crippen LogP contribution in [-0.4, -0.2) is 43.8 Å². The highest BCUT2D eigenvalue weighted by Gasteiger charge is 2.26. The summed E-state index contributed by atoms with van der Waals surface area (Å²) in [5.74, 6) is -0.310. The third kappa shape index (κ3) is 5.44. The van der Waals surface area contributed by atoms with Crippen LogP contribution in [0.25, 0.3) is 0 Å². The number of methoxy groups -OCH3 is 1. The fourth-order valence-corrected chi connectivity index (χ4v) is 3.55. The Morgan fingerprint density at radius 2 is 2.07 bits per heavy atom. The number of likely N-dealkylation sites (tertiary alicyclic amines) is 1. The molecule has 1 heterocycles. The summed E-state index contributed by atoms with van der Waals surface area (Å²) in [5.41, 5.74) is 1.43. The summed E-state index contributed by atoms with van der Waals surface area (Å²) in [6.45, 7) is 1.92. The van der Waals surface area contributed by atoms with Gasteiger partial charge in [0.05, 0.1) is 0 Å². The third-order valence-corrected chi connectivity index (χ3v) is 5.21. The lowest BCUT2D eigenvalue weighted by molar-refractivity contribution is 0.0335. The predicted molar refractivity (Wildman–Crippen MR) is 106 cm³/mol. The first-order valence-electron chi connectivity index (χ1n) is 9.23. The monoisotopic (exact) mass is 406 g/mol. The van der Waals surface area contributed by atoms with Gasteiger partial charge in [0.15, 0.2) is 0 Å². The molecule has 1 amide bonds. The van der Waals surface area contributed by atoms with Gasteiger partial charge >= 0.3 is 6.09 Å². The van der Waals surface area contributed by atoms with E-state index in [0.29, 0.717) is 23.7 Å². The molecule has 1 aliphatic rings. The molecule has 0 bridgehead atoms. The molecule has 1 aliphatic heterocycles. The van der Waals surface area contributed by atoms with Crippen LogP contribution in [0.2, 0.25) is 5.02 Å². The molecule has 150 valence electrons. The lowest BCUT2D eigenvalue weighted by atomic mass is 10.1. The summed E-state index contributed by atoms with van der Waals surface area (Å²) in [5, 5.41) is 3.29. The molecule has 1 saturated heterocycles. The van der Waals surface area contributed by atoms with Crippen LogP contribution in [0.1, 0.15) is 23.7 Å². The highest BCUT2D eigenvalue weighted by atomic mass is 35.5. The second-order valence-corrected chi connectivity index (χ2v) is 7.21. The fraction of sp³-hybridized carbons (Fsp3) is 0.381. The van der Waals surface area contributed by atoms with Crippen molar-refractivity contribution >= 4 is 17.7 Å². The van der Waals surface area contributed by atoms with E-state index in [1.807, 2.05) is 30.3 Å². The second kappa shape index (κ2) is 9.87. The number of rotatable bonds is 7. The smallest absolute Gasteiger partial charge is 0.407 e. The minimum atomic E-state index is -0.478. The number of benzene rings is 2. The SMILES string of the molecule is COC(COC(=O)NC1CCN(Cc2c(F)cccc2Cl)C1)c1ccccc1. The normalized spacial score (nSPS) is 18.0. The Morgan fingerprint density at radius 1 is 1.29 bits per heavy atom. The summed E-state index contributed by atoms with van der Waals surface area (Å²) in [6.07, 6.45) is -0.0166. The van der Waals surface area contributed by atoms with Crippen molar-refractivity contribution < 1.29 is 18.7 Å². The van der Waals surface area contributed by atoms with Gasteiger partial charge in [0.2, 0.25) is 0 Å². The van der Waals surface area contributed by atoms with E-state index in [2.05, 4.69) is 10.2 Å². The van der Waals surface area contributed by atoms with Crippen molar-refractivity contribution in [3.05, 3.63) is 70.5 Å². The van der Waals surface area contributed by atoms with Crippen LogP contribution in [0.15, 0.2) is 48.5 Å². The van der Waals surface area contributed by atoms with Gasteiger partial charge in [-0.15, -0.1) is 0 Å². The molecule has 7 heteroatoms. The highest BCUT2D eigenvalue weighted by Crippen LogP contribution is 2.23. The van der Waals surface area contributed by atoms with Crippen LogP contribution in [-0.2, 0) is 16.0 Å². The molecule has 0 spiro atoms. The number of nitrogens with one attached hydrogen (secondary N) is 1. The number of carbonyl (C=O) groups is 1. The Kier molecular flexibility index (Phi) is 7.25. The van der Waals surface area contributed by atoms with E-state index in [-0.39, 0.29) is 24.6 Å². The van der Waals surface area contributed by atoms with Gasteiger partial charge < -0.3 is 14.8 Å². The maximum Gasteiger partial charge on any atom is 0.407 e. The van der Waals surface area contributed by atoms with Crippen molar-refractivity contribution in [2.75, 3.05) is 26.8 Å². The third-order valence-electron chi connectivity index (χ3n) is 4.86. The van der Waals surface area contributed by atoms with Crippen molar-refractivity contribution in [1.29, 1.82) is 0 Å². The van der Waals surface area contributed by atoms with E-state index in [4.69, 9.17) is 21.1 Å². The van der Waals surface area contributed by atoms with E-state index in [0.717, 1.165) is 18.5 Å². The molecule has 2 unspecified atom stereocenters. The van der Waals surface area contributed by atoms with E-state index >= 15 is 0 Å². The summed E-state index contributed by atoms with van der Waals surface area (Å²) >= 11 is 6.10. The molecular formula is C21H24ClFN2O3. The Labute approximate surface area is 169 Å².